The van der Waals surface area contributed by atoms with Crippen LogP contribution < -0.4 is 5.32 Å². The molecule has 3 N–H and O–H groups in total. The van der Waals surface area contributed by atoms with Crippen molar-refractivity contribution in [2.45, 2.75) is 25.0 Å². The highest BCUT2D eigenvalue weighted by Crippen LogP contribution is 2.34. The fourth-order valence-corrected chi connectivity index (χ4v) is 2.42. The highest BCUT2D eigenvalue weighted by molar-refractivity contribution is 6.31. The molecule has 0 aromatic heterocycles. The molecule has 0 bridgehead atoms. The second-order valence-corrected chi connectivity index (χ2v) is 4.25. The van der Waals surface area contributed by atoms with E-state index in [2.05, 4.69) is 5.32 Å². The van der Waals surface area contributed by atoms with Crippen molar-refractivity contribution in [3.05, 3.63) is 34.3 Å². The maximum Gasteiger partial charge on any atom is 0.405 e. The number of nitrogens with one attached hydrogen (secondary N) is 1. The fraction of sp³-hybridized carbons (Fsp3) is 0.364. The Kier molecular flexibility index (Phi) is 3.03. The highest BCUT2D eigenvalue weighted by atomic mass is 35.5. The van der Waals surface area contributed by atoms with Crippen LogP contribution in [-0.2, 0) is 6.42 Å². The smallest absolute Gasteiger partial charge is 0.405 e. The number of halogens is 1. The lowest BCUT2D eigenvalue weighted by Crippen LogP contribution is -2.38. The van der Waals surface area contributed by atoms with E-state index in [1.807, 2.05) is 12.1 Å². The van der Waals surface area contributed by atoms with Crippen molar-refractivity contribution < 1.29 is 15.0 Å². The van der Waals surface area contributed by atoms with Gasteiger partial charge in [0.1, 0.15) is 0 Å². The standard InChI is InChI=1S/C11H12ClNO3/c12-7-3-1-2-6-4-5-8(14)10(9(6)7)13-11(15)16/h1-3,8,10,13-14H,4-5H2,(H,15,16)/t8-,10-/m1/s1. The minimum atomic E-state index is -1.16. The zero-order valence-corrected chi connectivity index (χ0v) is 9.24. The molecule has 0 spiro atoms. The number of amides is 1. The summed E-state index contributed by atoms with van der Waals surface area (Å²) in [5.74, 6) is 0. The van der Waals surface area contributed by atoms with Crippen LogP contribution in [0.3, 0.4) is 0 Å². The molecule has 5 heteroatoms. The van der Waals surface area contributed by atoms with Crippen LogP contribution in [0.2, 0.25) is 5.02 Å². The summed E-state index contributed by atoms with van der Waals surface area (Å²) in [4.78, 5) is 10.7. The van der Waals surface area contributed by atoms with Crippen LogP contribution in [0.1, 0.15) is 23.6 Å². The van der Waals surface area contributed by atoms with Crippen LogP contribution in [0.25, 0.3) is 0 Å². The first-order valence-electron chi connectivity index (χ1n) is 5.04. The number of benzene rings is 1. The molecule has 86 valence electrons. The molecule has 0 saturated carbocycles. The Morgan fingerprint density at radius 2 is 2.25 bits per heavy atom. The van der Waals surface area contributed by atoms with Gasteiger partial charge >= 0.3 is 6.09 Å². The molecule has 1 amide bonds. The van der Waals surface area contributed by atoms with Gasteiger partial charge in [0.2, 0.25) is 0 Å². The summed E-state index contributed by atoms with van der Waals surface area (Å²) in [6, 6.07) is 4.81. The summed E-state index contributed by atoms with van der Waals surface area (Å²) in [6.07, 6.45) is -0.618. The second-order valence-electron chi connectivity index (χ2n) is 3.85. The quantitative estimate of drug-likeness (QED) is 0.704. The summed E-state index contributed by atoms with van der Waals surface area (Å²) in [5.41, 5.74) is 1.70. The van der Waals surface area contributed by atoms with Crippen molar-refractivity contribution in [1.29, 1.82) is 0 Å². The first-order chi connectivity index (χ1) is 7.59. The van der Waals surface area contributed by atoms with Gasteiger partial charge in [-0.1, -0.05) is 23.7 Å². The SMILES string of the molecule is O=C(O)N[C@H]1c2c(Cl)cccc2CC[C@H]1O. The number of fused-ring (bicyclic) bond motifs is 1. The number of aryl methyl sites for hydroxylation is 1. The van der Waals surface area contributed by atoms with E-state index in [1.165, 1.54) is 0 Å². The Balaban J connectivity index is 2.42. The topological polar surface area (TPSA) is 69.6 Å². The van der Waals surface area contributed by atoms with Gasteiger partial charge in [-0.05, 0) is 30.0 Å². The van der Waals surface area contributed by atoms with Crippen molar-refractivity contribution in [3.8, 4) is 0 Å². The van der Waals surface area contributed by atoms with Crippen LogP contribution in [0.5, 0.6) is 0 Å². The fourth-order valence-electron chi connectivity index (χ4n) is 2.11. The molecule has 0 saturated heterocycles. The number of hydrogen-bond acceptors (Lipinski definition) is 2. The Hall–Kier alpha value is -1.26. The minimum absolute atomic E-state index is 0.495. The average Bonchev–Trinajstić information content (AvgIpc) is 2.22. The Morgan fingerprint density at radius 3 is 2.94 bits per heavy atom. The number of hydrogen-bond donors (Lipinski definition) is 3. The summed E-state index contributed by atoms with van der Waals surface area (Å²) < 4.78 is 0. The van der Waals surface area contributed by atoms with Crippen LogP contribution in [0, 0.1) is 0 Å². The van der Waals surface area contributed by atoms with E-state index in [1.54, 1.807) is 6.07 Å². The second kappa shape index (κ2) is 4.31. The molecule has 0 unspecified atom stereocenters. The first kappa shape index (κ1) is 11.2. The lowest BCUT2D eigenvalue weighted by atomic mass is 9.85. The molecule has 0 fully saturated rings. The third-order valence-corrected chi connectivity index (χ3v) is 3.16. The molecular formula is C11H12ClNO3. The van der Waals surface area contributed by atoms with Gasteiger partial charge in [-0.3, -0.25) is 0 Å². The third kappa shape index (κ3) is 1.99. The summed E-state index contributed by atoms with van der Waals surface area (Å²) in [6.45, 7) is 0. The predicted octanol–water partition coefficient (Wildman–Crippen LogP) is 1.96. The van der Waals surface area contributed by atoms with Gasteiger partial charge in [-0.2, -0.15) is 0 Å². The van der Waals surface area contributed by atoms with Crippen LogP contribution >= 0.6 is 11.6 Å². The van der Waals surface area contributed by atoms with Gasteiger partial charge in [0.05, 0.1) is 12.1 Å². The van der Waals surface area contributed by atoms with Crippen LogP contribution in [0.15, 0.2) is 18.2 Å². The monoisotopic (exact) mass is 241 g/mol. The van der Waals surface area contributed by atoms with Crippen LogP contribution in [-0.4, -0.2) is 22.4 Å². The van der Waals surface area contributed by atoms with Gasteiger partial charge in [-0.15, -0.1) is 0 Å². The van der Waals surface area contributed by atoms with E-state index >= 15 is 0 Å². The number of aliphatic hydroxyl groups is 1. The van der Waals surface area contributed by atoms with Crippen molar-refractivity contribution in [3.63, 3.8) is 0 Å². The van der Waals surface area contributed by atoms with E-state index in [4.69, 9.17) is 16.7 Å². The molecule has 2 rings (SSSR count). The van der Waals surface area contributed by atoms with Crippen molar-refractivity contribution in [2.24, 2.45) is 0 Å². The lowest BCUT2D eigenvalue weighted by molar-refractivity contribution is 0.105. The molecule has 4 nitrogen and oxygen atoms in total. The van der Waals surface area contributed by atoms with E-state index in [-0.39, 0.29) is 0 Å². The molecule has 0 aliphatic heterocycles. The van der Waals surface area contributed by atoms with E-state index in [9.17, 15) is 9.90 Å². The summed E-state index contributed by atoms with van der Waals surface area (Å²) >= 11 is 6.04. The maximum absolute atomic E-state index is 10.7. The molecule has 0 radical (unpaired) electrons. The predicted molar refractivity (Wildman–Crippen MR) is 59.7 cm³/mol. The molecule has 0 heterocycles. The van der Waals surface area contributed by atoms with Gasteiger partial charge in [0, 0.05) is 5.02 Å². The highest BCUT2D eigenvalue weighted by Gasteiger charge is 2.30. The molecule has 1 aromatic carbocycles. The molecule has 1 aliphatic carbocycles. The molecule has 1 aliphatic rings. The maximum atomic E-state index is 10.7. The number of carbonyl (C=O) groups is 1. The normalized spacial score (nSPS) is 23.6. The number of carboxylic acid groups (broad SMARTS) is 1. The number of rotatable bonds is 1. The Morgan fingerprint density at radius 1 is 1.50 bits per heavy atom. The van der Waals surface area contributed by atoms with Gasteiger partial charge in [0.25, 0.3) is 0 Å². The summed E-state index contributed by atoms with van der Waals surface area (Å²) in [5, 5.41) is 21.3. The summed E-state index contributed by atoms with van der Waals surface area (Å²) in [7, 11) is 0. The van der Waals surface area contributed by atoms with Crippen molar-refractivity contribution in [1.82, 2.24) is 5.32 Å². The van der Waals surface area contributed by atoms with Gasteiger partial charge < -0.3 is 15.5 Å². The first-order valence-corrected chi connectivity index (χ1v) is 5.42. The average molecular weight is 242 g/mol. The van der Waals surface area contributed by atoms with Gasteiger partial charge in [0.15, 0.2) is 0 Å². The van der Waals surface area contributed by atoms with Crippen molar-refractivity contribution in [2.75, 3.05) is 0 Å². The van der Waals surface area contributed by atoms with Gasteiger partial charge in [-0.25, -0.2) is 4.79 Å². The van der Waals surface area contributed by atoms with Crippen LogP contribution in [0.4, 0.5) is 4.79 Å². The van der Waals surface area contributed by atoms with E-state index in [0.717, 1.165) is 12.0 Å². The lowest BCUT2D eigenvalue weighted by Gasteiger charge is -2.30. The Labute approximate surface area is 97.9 Å². The molecule has 16 heavy (non-hydrogen) atoms. The molecule has 1 aromatic rings. The number of aliphatic hydroxyl groups excluding tert-OH is 1. The zero-order valence-electron chi connectivity index (χ0n) is 8.48. The van der Waals surface area contributed by atoms with Crippen molar-refractivity contribution >= 4 is 17.7 Å². The Bertz CT molecular complexity index is 422. The minimum Gasteiger partial charge on any atom is -0.465 e. The zero-order chi connectivity index (χ0) is 11.7. The molecule has 2 atom stereocenters. The van der Waals surface area contributed by atoms with E-state index in [0.29, 0.717) is 17.0 Å². The largest absolute Gasteiger partial charge is 0.465 e. The van der Waals surface area contributed by atoms with E-state index < -0.39 is 18.2 Å². The third-order valence-electron chi connectivity index (χ3n) is 2.83. The molecular weight excluding hydrogens is 230 g/mol.